The third kappa shape index (κ3) is 8.39. The van der Waals surface area contributed by atoms with Crippen molar-refractivity contribution in [3.8, 4) is 0 Å². The van der Waals surface area contributed by atoms with Crippen LogP contribution in [0.25, 0.3) is 0 Å². The van der Waals surface area contributed by atoms with Crippen LogP contribution in [0.5, 0.6) is 0 Å². The first-order valence-corrected chi connectivity index (χ1v) is 13.2. The molecule has 0 amide bonds. The van der Waals surface area contributed by atoms with E-state index in [-0.39, 0.29) is 5.97 Å². The van der Waals surface area contributed by atoms with Crippen molar-refractivity contribution in [2.24, 2.45) is 0 Å². The Morgan fingerprint density at radius 1 is 1.21 bits per heavy atom. The summed E-state index contributed by atoms with van der Waals surface area (Å²) >= 11 is 0. The zero-order valence-electron chi connectivity index (χ0n) is 13.3. The van der Waals surface area contributed by atoms with E-state index in [0.717, 1.165) is 12.5 Å². The molecule has 0 bridgehead atoms. The van der Waals surface area contributed by atoms with Crippen LogP contribution in [0.3, 0.4) is 0 Å². The van der Waals surface area contributed by atoms with Crippen molar-refractivity contribution in [1.29, 1.82) is 0 Å². The Kier molecular flexibility index (Phi) is 8.53. The third-order valence-electron chi connectivity index (χ3n) is 3.38. The Hall–Kier alpha value is -0.396. The van der Waals surface area contributed by atoms with Crippen LogP contribution in [0, 0.1) is 0 Å². The lowest BCUT2D eigenvalue weighted by Gasteiger charge is -2.36. The minimum atomic E-state index is -1.63. The number of esters is 1. The van der Waals surface area contributed by atoms with Gasteiger partial charge in [-0.15, -0.1) is 0 Å². The quantitative estimate of drug-likeness (QED) is 0.261. The molecule has 0 N–H and O–H groups in total. The van der Waals surface area contributed by atoms with Gasteiger partial charge in [-0.1, -0.05) is 26.8 Å². The molecular weight excluding hydrogens is 272 g/mol. The van der Waals surface area contributed by atoms with Gasteiger partial charge in [-0.05, 0) is 44.2 Å². The molecule has 0 aromatic heterocycles. The highest BCUT2D eigenvalue weighted by atomic mass is 28.4. The smallest absolute Gasteiger partial charge is 0.330 e. The van der Waals surface area contributed by atoms with E-state index in [4.69, 9.17) is 8.85 Å². The molecule has 19 heavy (non-hydrogen) atoms. The summed E-state index contributed by atoms with van der Waals surface area (Å²) in [6.07, 6.45) is 3.30. The molecule has 0 radical (unpaired) electrons. The van der Waals surface area contributed by atoms with Gasteiger partial charge in [0.15, 0.2) is 16.6 Å². The van der Waals surface area contributed by atoms with E-state index in [9.17, 15) is 4.79 Å². The molecule has 0 aromatic rings. The number of carbonyl (C=O) groups is 1. The van der Waals surface area contributed by atoms with Gasteiger partial charge in [0.1, 0.15) is 0 Å². The van der Waals surface area contributed by atoms with Gasteiger partial charge in [0.2, 0.25) is 0 Å². The van der Waals surface area contributed by atoms with Gasteiger partial charge >= 0.3 is 5.97 Å². The second-order valence-corrected chi connectivity index (χ2v) is 14.8. The summed E-state index contributed by atoms with van der Waals surface area (Å²) in [7, 11) is -3.14. The summed E-state index contributed by atoms with van der Waals surface area (Å²) in [5.74, 6) is -0.334. The Bertz CT molecular complexity index is 292. The normalized spacial score (nSPS) is 14.8. The lowest BCUT2D eigenvalue weighted by molar-refractivity contribution is -0.137. The highest BCUT2D eigenvalue weighted by molar-refractivity contribution is 6.85. The van der Waals surface area contributed by atoms with Crippen LogP contribution >= 0.6 is 0 Å². The van der Waals surface area contributed by atoms with E-state index in [1.54, 1.807) is 0 Å². The predicted octanol–water partition coefficient (Wildman–Crippen LogP) is 4.33. The Balaban J connectivity index is 4.15. The minimum Gasteiger partial charge on any atom is -0.463 e. The zero-order valence-corrected chi connectivity index (χ0v) is 15.3. The van der Waals surface area contributed by atoms with Gasteiger partial charge < -0.3 is 8.85 Å². The number of carbonyl (C=O) groups excluding carboxylic acids is 1. The number of ether oxygens (including phenoxy) is 1. The minimum absolute atomic E-state index is 0.334. The van der Waals surface area contributed by atoms with Gasteiger partial charge in [0.05, 0.1) is 6.61 Å². The van der Waals surface area contributed by atoms with Gasteiger partial charge in [0.25, 0.3) is 0 Å². The summed E-state index contributed by atoms with van der Waals surface area (Å²) in [5.41, 5.74) is 0. The molecule has 0 saturated heterocycles. The standard InChI is InChI=1S/C14H30O3Si2/c1-7-12-19(6,9-3)17-18(4,5)13-10-11-16-14(15)8-2/h8H,2,7,9-13H2,1,3-6H3. The molecule has 0 fully saturated rings. The Labute approximate surface area is 120 Å². The van der Waals surface area contributed by atoms with Crippen molar-refractivity contribution < 1.29 is 13.6 Å². The third-order valence-corrected chi connectivity index (χ3v) is 12.2. The van der Waals surface area contributed by atoms with Crippen LogP contribution in [-0.4, -0.2) is 29.2 Å². The maximum absolute atomic E-state index is 10.9. The van der Waals surface area contributed by atoms with E-state index >= 15 is 0 Å². The second kappa shape index (κ2) is 8.71. The molecule has 0 aliphatic rings. The monoisotopic (exact) mass is 302 g/mol. The molecule has 0 saturated carbocycles. The molecule has 0 rings (SSSR count). The van der Waals surface area contributed by atoms with Crippen molar-refractivity contribution in [3.05, 3.63) is 12.7 Å². The highest BCUT2D eigenvalue weighted by Crippen LogP contribution is 2.26. The van der Waals surface area contributed by atoms with E-state index < -0.39 is 16.6 Å². The van der Waals surface area contributed by atoms with Crippen molar-refractivity contribution in [1.82, 2.24) is 0 Å². The molecule has 0 aliphatic carbocycles. The second-order valence-electron chi connectivity index (χ2n) is 5.89. The summed E-state index contributed by atoms with van der Waals surface area (Å²) < 4.78 is 11.6. The first kappa shape index (κ1) is 18.6. The van der Waals surface area contributed by atoms with Gasteiger partial charge in [-0.25, -0.2) is 4.79 Å². The summed E-state index contributed by atoms with van der Waals surface area (Å²) in [6.45, 7) is 15.2. The van der Waals surface area contributed by atoms with Crippen LogP contribution in [0.2, 0.25) is 37.8 Å². The van der Waals surface area contributed by atoms with Crippen LogP contribution in [0.1, 0.15) is 26.7 Å². The largest absolute Gasteiger partial charge is 0.463 e. The average molecular weight is 303 g/mol. The summed E-state index contributed by atoms with van der Waals surface area (Å²) in [4.78, 5) is 10.9. The van der Waals surface area contributed by atoms with Crippen molar-refractivity contribution in [2.75, 3.05) is 6.61 Å². The molecule has 0 aliphatic heterocycles. The van der Waals surface area contributed by atoms with Crippen LogP contribution in [-0.2, 0) is 13.6 Å². The van der Waals surface area contributed by atoms with Gasteiger partial charge in [0, 0.05) is 6.08 Å². The predicted molar refractivity (Wildman–Crippen MR) is 86.3 cm³/mol. The summed E-state index contributed by atoms with van der Waals surface area (Å²) in [6, 6.07) is 3.47. The SMILES string of the molecule is C=CC(=O)OCCC[Si](C)(C)O[Si](C)(CC)CCC. The maximum Gasteiger partial charge on any atom is 0.330 e. The average Bonchev–Trinajstić information content (AvgIpc) is 2.34. The number of hydrogen-bond donors (Lipinski definition) is 0. The fraction of sp³-hybridized carbons (Fsp3) is 0.786. The highest BCUT2D eigenvalue weighted by Gasteiger charge is 2.34. The molecule has 3 nitrogen and oxygen atoms in total. The lowest BCUT2D eigenvalue weighted by Crippen LogP contribution is -2.45. The molecular formula is C14H30O3Si2. The fourth-order valence-electron chi connectivity index (χ4n) is 2.28. The maximum atomic E-state index is 10.9. The van der Waals surface area contributed by atoms with Crippen LogP contribution in [0.15, 0.2) is 12.7 Å². The zero-order chi connectivity index (χ0) is 14.9. The van der Waals surface area contributed by atoms with E-state index in [1.165, 1.54) is 24.6 Å². The van der Waals surface area contributed by atoms with Gasteiger partial charge in [-0.3, -0.25) is 0 Å². The molecule has 0 aromatic carbocycles. The molecule has 5 heteroatoms. The summed E-state index contributed by atoms with van der Waals surface area (Å²) in [5, 5.41) is 0. The lowest BCUT2D eigenvalue weighted by atomic mass is 10.5. The molecule has 0 heterocycles. The molecule has 1 atom stereocenters. The molecule has 0 spiro atoms. The van der Waals surface area contributed by atoms with Crippen molar-refractivity contribution in [2.45, 2.75) is 64.5 Å². The van der Waals surface area contributed by atoms with Crippen molar-refractivity contribution >= 4 is 22.6 Å². The van der Waals surface area contributed by atoms with Gasteiger partial charge in [-0.2, -0.15) is 0 Å². The number of rotatable bonds is 10. The van der Waals surface area contributed by atoms with Crippen molar-refractivity contribution in [3.63, 3.8) is 0 Å². The Morgan fingerprint density at radius 2 is 1.84 bits per heavy atom. The molecule has 1 unspecified atom stereocenters. The number of hydrogen-bond acceptors (Lipinski definition) is 3. The first-order chi connectivity index (χ1) is 8.78. The van der Waals surface area contributed by atoms with E-state index in [0.29, 0.717) is 6.61 Å². The fourth-order valence-corrected chi connectivity index (χ4v) is 11.4. The van der Waals surface area contributed by atoms with E-state index in [1.807, 2.05) is 0 Å². The van der Waals surface area contributed by atoms with E-state index in [2.05, 4.69) is 40.1 Å². The first-order valence-electron chi connectivity index (χ1n) is 7.28. The Morgan fingerprint density at radius 3 is 2.32 bits per heavy atom. The molecule has 112 valence electrons. The topological polar surface area (TPSA) is 35.5 Å². The van der Waals surface area contributed by atoms with Crippen LogP contribution in [0.4, 0.5) is 0 Å². The van der Waals surface area contributed by atoms with Crippen LogP contribution < -0.4 is 0 Å².